The molecule has 2 N–H and O–H groups in total. The van der Waals surface area contributed by atoms with Crippen molar-refractivity contribution in [2.75, 3.05) is 5.32 Å². The number of hydrogen-bond acceptors (Lipinski definition) is 5. The van der Waals surface area contributed by atoms with E-state index in [0.717, 1.165) is 11.3 Å². The zero-order valence-corrected chi connectivity index (χ0v) is 16.0. The lowest BCUT2D eigenvalue weighted by Gasteiger charge is -2.15. The lowest BCUT2D eigenvalue weighted by molar-refractivity contribution is -0.115. The monoisotopic (exact) mass is 393 g/mol. The summed E-state index contributed by atoms with van der Waals surface area (Å²) < 4.78 is 0. The Morgan fingerprint density at radius 2 is 1.86 bits per heavy atom. The number of rotatable bonds is 7. The van der Waals surface area contributed by atoms with Crippen LogP contribution in [0.3, 0.4) is 0 Å². The Morgan fingerprint density at radius 3 is 2.57 bits per heavy atom. The van der Waals surface area contributed by atoms with E-state index in [4.69, 9.17) is 5.11 Å². The highest BCUT2D eigenvalue weighted by Crippen LogP contribution is 2.27. The van der Waals surface area contributed by atoms with Gasteiger partial charge in [0.25, 0.3) is 0 Å². The molecule has 0 bridgehead atoms. The van der Waals surface area contributed by atoms with Gasteiger partial charge in [0.05, 0.1) is 16.5 Å². The Bertz CT molecular complexity index is 979. The summed E-state index contributed by atoms with van der Waals surface area (Å²) in [7, 11) is 0. The number of amides is 1. The molecule has 3 rings (SSSR count). The van der Waals surface area contributed by atoms with Crippen LogP contribution in [0.5, 0.6) is 0 Å². The number of nitrogens with zero attached hydrogens (tertiary/aromatic N) is 2. The Balaban J connectivity index is 1.73. The molecule has 3 aromatic rings. The zero-order chi connectivity index (χ0) is 19.9. The number of aromatic carboxylic acids is 1. The second kappa shape index (κ2) is 9.14. The van der Waals surface area contributed by atoms with Crippen LogP contribution >= 0.6 is 11.8 Å². The molecular formula is C21H19N3O3S. The van der Waals surface area contributed by atoms with Crippen LogP contribution in [0.4, 0.5) is 5.69 Å². The van der Waals surface area contributed by atoms with E-state index in [0.29, 0.717) is 17.1 Å². The number of carboxylic acid groups (broad SMARTS) is 1. The summed E-state index contributed by atoms with van der Waals surface area (Å²) in [5.74, 6) is -1.23. The fourth-order valence-electron chi connectivity index (χ4n) is 2.59. The van der Waals surface area contributed by atoms with Crippen molar-refractivity contribution in [2.24, 2.45) is 0 Å². The lowest BCUT2D eigenvalue weighted by Crippen LogP contribution is -2.24. The maximum absolute atomic E-state index is 12.7. The number of benzene rings is 2. The maximum atomic E-state index is 12.7. The van der Waals surface area contributed by atoms with Crippen molar-refractivity contribution in [3.63, 3.8) is 0 Å². The van der Waals surface area contributed by atoms with Crippen LogP contribution in [0, 0.1) is 0 Å². The second-order valence-corrected chi connectivity index (χ2v) is 7.22. The predicted octanol–water partition coefficient (Wildman–Crippen LogP) is 4.35. The molecule has 0 aliphatic heterocycles. The van der Waals surface area contributed by atoms with Gasteiger partial charge in [-0.25, -0.2) is 14.8 Å². The Hall–Kier alpha value is -3.19. The van der Waals surface area contributed by atoms with Gasteiger partial charge in [-0.3, -0.25) is 4.79 Å². The Morgan fingerprint density at radius 1 is 1.07 bits per heavy atom. The Kier molecular flexibility index (Phi) is 6.39. The van der Waals surface area contributed by atoms with Crippen LogP contribution in [-0.4, -0.2) is 32.2 Å². The van der Waals surface area contributed by atoms with Crippen LogP contribution in [-0.2, 0) is 4.79 Å². The van der Waals surface area contributed by atoms with Crippen LogP contribution in [0.25, 0.3) is 11.3 Å². The Labute approximate surface area is 167 Å². The lowest BCUT2D eigenvalue weighted by atomic mass is 10.1. The normalized spacial score (nSPS) is 11.6. The van der Waals surface area contributed by atoms with Gasteiger partial charge in [0.1, 0.15) is 11.4 Å². The molecule has 28 heavy (non-hydrogen) atoms. The SMILES string of the molecule is CCC(Sc1cc(-c2ccccc2)ncn1)C(=O)Nc1cccc(C(=O)O)c1. The van der Waals surface area contributed by atoms with Crippen LogP contribution < -0.4 is 5.32 Å². The molecule has 0 saturated heterocycles. The molecule has 0 aliphatic carbocycles. The number of thioether (sulfide) groups is 1. The molecule has 0 saturated carbocycles. The van der Waals surface area contributed by atoms with Crippen molar-refractivity contribution in [3.05, 3.63) is 72.6 Å². The van der Waals surface area contributed by atoms with E-state index in [1.807, 2.05) is 43.3 Å². The first-order valence-electron chi connectivity index (χ1n) is 8.75. The number of carbonyl (C=O) groups excluding carboxylic acids is 1. The van der Waals surface area contributed by atoms with Gasteiger partial charge in [-0.15, -0.1) is 0 Å². The van der Waals surface area contributed by atoms with E-state index in [-0.39, 0.29) is 16.7 Å². The minimum Gasteiger partial charge on any atom is -0.478 e. The van der Waals surface area contributed by atoms with E-state index >= 15 is 0 Å². The molecular weight excluding hydrogens is 374 g/mol. The third-order valence-corrected chi connectivity index (χ3v) is 5.31. The van der Waals surface area contributed by atoms with Gasteiger partial charge in [0.15, 0.2) is 0 Å². The summed E-state index contributed by atoms with van der Waals surface area (Å²) in [6.45, 7) is 1.92. The largest absolute Gasteiger partial charge is 0.478 e. The van der Waals surface area contributed by atoms with E-state index in [2.05, 4.69) is 15.3 Å². The summed E-state index contributed by atoms with van der Waals surface area (Å²) in [5, 5.41) is 12.2. The first-order chi connectivity index (χ1) is 13.6. The predicted molar refractivity (Wildman–Crippen MR) is 109 cm³/mol. The quantitative estimate of drug-likeness (QED) is 0.458. The molecule has 1 heterocycles. The number of carboxylic acids is 1. The molecule has 0 spiro atoms. The van der Waals surface area contributed by atoms with Crippen molar-refractivity contribution in [1.82, 2.24) is 9.97 Å². The molecule has 0 fully saturated rings. The summed E-state index contributed by atoms with van der Waals surface area (Å²) in [6, 6.07) is 17.8. The molecule has 0 radical (unpaired) electrons. The average molecular weight is 393 g/mol. The highest BCUT2D eigenvalue weighted by molar-refractivity contribution is 8.00. The van der Waals surface area contributed by atoms with Gasteiger partial charge >= 0.3 is 5.97 Å². The molecule has 0 aliphatic rings. The van der Waals surface area contributed by atoms with Crippen molar-refractivity contribution >= 4 is 29.3 Å². The summed E-state index contributed by atoms with van der Waals surface area (Å²) in [4.78, 5) is 32.3. The van der Waals surface area contributed by atoms with Gasteiger partial charge in [0, 0.05) is 11.3 Å². The number of carbonyl (C=O) groups is 2. The van der Waals surface area contributed by atoms with Gasteiger partial charge in [-0.05, 0) is 30.7 Å². The second-order valence-electron chi connectivity index (χ2n) is 6.00. The smallest absolute Gasteiger partial charge is 0.335 e. The molecule has 6 nitrogen and oxygen atoms in total. The zero-order valence-electron chi connectivity index (χ0n) is 15.2. The molecule has 2 aromatic carbocycles. The van der Waals surface area contributed by atoms with Gasteiger partial charge in [0.2, 0.25) is 5.91 Å². The van der Waals surface area contributed by atoms with Crippen molar-refractivity contribution < 1.29 is 14.7 Å². The fraction of sp³-hybridized carbons (Fsp3) is 0.143. The topological polar surface area (TPSA) is 92.2 Å². The standard InChI is InChI=1S/C21H19N3O3S/c1-2-18(20(25)24-16-10-6-9-15(11-16)21(26)27)28-19-12-17(22-13-23-19)14-7-4-3-5-8-14/h3-13,18H,2H2,1H3,(H,24,25)(H,26,27). The summed E-state index contributed by atoms with van der Waals surface area (Å²) in [6.07, 6.45) is 2.09. The summed E-state index contributed by atoms with van der Waals surface area (Å²) in [5.41, 5.74) is 2.36. The van der Waals surface area contributed by atoms with Crippen LogP contribution in [0.2, 0.25) is 0 Å². The van der Waals surface area contributed by atoms with E-state index in [1.54, 1.807) is 12.1 Å². The van der Waals surface area contributed by atoms with Gasteiger partial charge < -0.3 is 10.4 Å². The number of nitrogens with one attached hydrogen (secondary N) is 1. The van der Waals surface area contributed by atoms with Crippen molar-refractivity contribution in [3.8, 4) is 11.3 Å². The van der Waals surface area contributed by atoms with E-state index < -0.39 is 5.97 Å². The summed E-state index contributed by atoms with van der Waals surface area (Å²) >= 11 is 1.36. The van der Waals surface area contributed by atoms with Gasteiger partial charge in [-0.2, -0.15) is 0 Å². The number of hydrogen-bond donors (Lipinski definition) is 2. The minimum atomic E-state index is -1.04. The van der Waals surface area contributed by atoms with Crippen LogP contribution in [0.15, 0.2) is 72.0 Å². The first-order valence-corrected chi connectivity index (χ1v) is 9.63. The fourth-order valence-corrected chi connectivity index (χ4v) is 3.50. The third kappa shape index (κ3) is 4.95. The molecule has 1 aromatic heterocycles. The minimum absolute atomic E-state index is 0.127. The van der Waals surface area contributed by atoms with E-state index in [1.165, 1.54) is 30.2 Å². The molecule has 142 valence electrons. The van der Waals surface area contributed by atoms with Gasteiger partial charge in [-0.1, -0.05) is 55.1 Å². The number of aromatic nitrogens is 2. The highest BCUT2D eigenvalue weighted by atomic mass is 32.2. The van der Waals surface area contributed by atoms with Crippen LogP contribution in [0.1, 0.15) is 23.7 Å². The molecule has 1 atom stereocenters. The average Bonchev–Trinajstić information content (AvgIpc) is 2.73. The first kappa shape index (κ1) is 19.6. The van der Waals surface area contributed by atoms with Crippen molar-refractivity contribution in [2.45, 2.75) is 23.6 Å². The third-order valence-electron chi connectivity index (χ3n) is 4.01. The van der Waals surface area contributed by atoms with Crippen molar-refractivity contribution in [1.29, 1.82) is 0 Å². The van der Waals surface area contributed by atoms with E-state index in [9.17, 15) is 9.59 Å². The molecule has 1 amide bonds. The molecule has 1 unspecified atom stereocenters. The maximum Gasteiger partial charge on any atom is 0.335 e. The molecule has 7 heteroatoms. The number of anilines is 1. The highest BCUT2D eigenvalue weighted by Gasteiger charge is 2.19.